The predicted octanol–water partition coefficient (Wildman–Crippen LogP) is 2.40. The van der Waals surface area contributed by atoms with Crippen LogP contribution in [0.5, 0.6) is 0 Å². The summed E-state index contributed by atoms with van der Waals surface area (Å²) in [7, 11) is 1.70. The monoisotopic (exact) mass is 224 g/mol. The van der Waals surface area contributed by atoms with Crippen molar-refractivity contribution in [2.24, 2.45) is 0 Å². The minimum atomic E-state index is -0.418. The van der Waals surface area contributed by atoms with E-state index in [2.05, 4.69) is 10.6 Å². The summed E-state index contributed by atoms with van der Waals surface area (Å²) in [5.74, 6) is -0.700. The van der Waals surface area contributed by atoms with E-state index in [9.17, 15) is 9.18 Å². The van der Waals surface area contributed by atoms with Gasteiger partial charge >= 0.3 is 0 Å². The number of anilines is 1. The molecule has 4 heteroatoms. The summed E-state index contributed by atoms with van der Waals surface area (Å²) in [6.45, 7) is 5.63. The molecule has 16 heavy (non-hydrogen) atoms. The first-order chi connectivity index (χ1) is 7.33. The quantitative estimate of drug-likeness (QED) is 0.810. The summed E-state index contributed by atoms with van der Waals surface area (Å²) in [5.41, 5.74) is 0.592. The second-order valence-electron chi connectivity index (χ2n) is 4.64. The van der Waals surface area contributed by atoms with E-state index in [1.54, 1.807) is 13.1 Å². The second-order valence-corrected chi connectivity index (χ2v) is 4.64. The average Bonchev–Trinajstić information content (AvgIpc) is 2.15. The van der Waals surface area contributed by atoms with Gasteiger partial charge in [-0.05, 0) is 39.0 Å². The van der Waals surface area contributed by atoms with Gasteiger partial charge in [0.25, 0.3) is 5.91 Å². The molecule has 88 valence electrons. The van der Waals surface area contributed by atoms with Gasteiger partial charge in [0.05, 0.1) is 5.56 Å². The summed E-state index contributed by atoms with van der Waals surface area (Å²) >= 11 is 0. The minimum absolute atomic E-state index is 0.281. The maximum Gasteiger partial charge on any atom is 0.253 e. The molecule has 0 spiro atoms. The average molecular weight is 224 g/mol. The van der Waals surface area contributed by atoms with Crippen molar-refractivity contribution in [3.05, 3.63) is 29.6 Å². The number of nitrogens with one attached hydrogen (secondary N) is 2. The zero-order valence-corrected chi connectivity index (χ0v) is 10.0. The molecule has 0 aliphatic rings. The standard InChI is InChI=1S/C12H17FN2O/c1-12(2,3)15-11(16)9-7-8(13)5-6-10(9)14-4/h5-7,14H,1-4H3,(H,15,16). The molecular formula is C12H17FN2O. The van der Waals surface area contributed by atoms with Crippen molar-refractivity contribution in [1.29, 1.82) is 0 Å². The lowest BCUT2D eigenvalue weighted by Crippen LogP contribution is -2.40. The largest absolute Gasteiger partial charge is 0.387 e. The number of halogens is 1. The Morgan fingerprint density at radius 2 is 1.94 bits per heavy atom. The molecule has 0 saturated heterocycles. The second kappa shape index (κ2) is 4.51. The van der Waals surface area contributed by atoms with Gasteiger partial charge in [-0.25, -0.2) is 4.39 Å². The fraction of sp³-hybridized carbons (Fsp3) is 0.417. The molecule has 0 atom stereocenters. The van der Waals surface area contributed by atoms with Crippen molar-refractivity contribution in [2.45, 2.75) is 26.3 Å². The van der Waals surface area contributed by atoms with Crippen molar-refractivity contribution < 1.29 is 9.18 Å². The zero-order chi connectivity index (χ0) is 12.3. The first-order valence-electron chi connectivity index (χ1n) is 5.13. The summed E-state index contributed by atoms with van der Waals surface area (Å²) in [6.07, 6.45) is 0. The van der Waals surface area contributed by atoms with E-state index in [-0.39, 0.29) is 11.4 Å². The third-order valence-corrected chi connectivity index (χ3v) is 1.98. The molecule has 0 aliphatic heterocycles. The Morgan fingerprint density at radius 3 is 2.44 bits per heavy atom. The lowest BCUT2D eigenvalue weighted by atomic mass is 10.1. The molecule has 2 N–H and O–H groups in total. The molecule has 0 fully saturated rings. The molecule has 0 radical (unpaired) electrons. The fourth-order valence-electron chi connectivity index (χ4n) is 1.33. The summed E-state index contributed by atoms with van der Waals surface area (Å²) in [6, 6.07) is 4.10. The SMILES string of the molecule is CNc1ccc(F)cc1C(=O)NC(C)(C)C. The Bertz CT molecular complexity index is 396. The van der Waals surface area contributed by atoms with Gasteiger partial charge in [-0.15, -0.1) is 0 Å². The molecule has 1 aromatic rings. The van der Waals surface area contributed by atoms with E-state index in [4.69, 9.17) is 0 Å². The van der Waals surface area contributed by atoms with Crippen molar-refractivity contribution in [3.8, 4) is 0 Å². The minimum Gasteiger partial charge on any atom is -0.387 e. The topological polar surface area (TPSA) is 41.1 Å². The smallest absolute Gasteiger partial charge is 0.253 e. The van der Waals surface area contributed by atoms with Crippen LogP contribution in [-0.4, -0.2) is 18.5 Å². The number of amides is 1. The van der Waals surface area contributed by atoms with Crippen LogP contribution in [0.25, 0.3) is 0 Å². The lowest BCUT2D eigenvalue weighted by Gasteiger charge is -2.21. The van der Waals surface area contributed by atoms with Crippen LogP contribution in [0.15, 0.2) is 18.2 Å². The van der Waals surface area contributed by atoms with Crippen LogP contribution < -0.4 is 10.6 Å². The summed E-state index contributed by atoms with van der Waals surface area (Å²) in [4.78, 5) is 11.9. The van der Waals surface area contributed by atoms with Gasteiger partial charge in [-0.3, -0.25) is 4.79 Å². The number of carbonyl (C=O) groups excluding carboxylic acids is 1. The van der Waals surface area contributed by atoms with Crippen LogP contribution >= 0.6 is 0 Å². The van der Waals surface area contributed by atoms with Crippen LogP contribution in [-0.2, 0) is 0 Å². The molecule has 1 amide bonds. The van der Waals surface area contributed by atoms with Gasteiger partial charge in [0.15, 0.2) is 0 Å². The molecule has 0 aliphatic carbocycles. The molecule has 1 aromatic carbocycles. The molecule has 1 rings (SSSR count). The van der Waals surface area contributed by atoms with E-state index in [1.165, 1.54) is 12.1 Å². The normalized spacial score (nSPS) is 11.1. The maximum absolute atomic E-state index is 13.1. The lowest BCUT2D eigenvalue weighted by molar-refractivity contribution is 0.0920. The Kier molecular flexibility index (Phi) is 3.52. The molecule has 0 aromatic heterocycles. The number of benzene rings is 1. The molecular weight excluding hydrogens is 207 g/mol. The van der Waals surface area contributed by atoms with Crippen LogP contribution in [0.1, 0.15) is 31.1 Å². The number of hydrogen-bond acceptors (Lipinski definition) is 2. The van der Waals surface area contributed by atoms with Gasteiger partial charge in [0.2, 0.25) is 0 Å². The fourth-order valence-corrected chi connectivity index (χ4v) is 1.33. The molecule has 0 bridgehead atoms. The van der Waals surface area contributed by atoms with Gasteiger partial charge in [0, 0.05) is 18.3 Å². The highest BCUT2D eigenvalue weighted by Gasteiger charge is 2.18. The van der Waals surface area contributed by atoms with Crippen molar-refractivity contribution >= 4 is 11.6 Å². The Labute approximate surface area is 95.0 Å². The third kappa shape index (κ3) is 3.22. The number of hydrogen-bond donors (Lipinski definition) is 2. The van der Waals surface area contributed by atoms with E-state index in [0.717, 1.165) is 0 Å². The van der Waals surface area contributed by atoms with E-state index >= 15 is 0 Å². The van der Waals surface area contributed by atoms with Gasteiger partial charge < -0.3 is 10.6 Å². The van der Waals surface area contributed by atoms with Crippen LogP contribution in [0.3, 0.4) is 0 Å². The first-order valence-corrected chi connectivity index (χ1v) is 5.13. The van der Waals surface area contributed by atoms with Crippen molar-refractivity contribution in [3.63, 3.8) is 0 Å². The Balaban J connectivity index is 3.02. The highest BCUT2D eigenvalue weighted by molar-refractivity contribution is 5.99. The van der Waals surface area contributed by atoms with E-state index in [1.807, 2.05) is 20.8 Å². The Hall–Kier alpha value is -1.58. The first kappa shape index (κ1) is 12.5. The predicted molar refractivity (Wildman–Crippen MR) is 63.2 cm³/mol. The zero-order valence-electron chi connectivity index (χ0n) is 10.0. The van der Waals surface area contributed by atoms with E-state index in [0.29, 0.717) is 11.3 Å². The Morgan fingerprint density at radius 1 is 1.31 bits per heavy atom. The van der Waals surface area contributed by atoms with Crippen molar-refractivity contribution in [2.75, 3.05) is 12.4 Å². The van der Waals surface area contributed by atoms with Crippen LogP contribution in [0.4, 0.5) is 10.1 Å². The van der Waals surface area contributed by atoms with Gasteiger partial charge in [-0.2, -0.15) is 0 Å². The molecule has 0 heterocycles. The molecule has 0 unspecified atom stereocenters. The molecule has 3 nitrogen and oxygen atoms in total. The third-order valence-electron chi connectivity index (χ3n) is 1.98. The maximum atomic E-state index is 13.1. The highest BCUT2D eigenvalue weighted by Crippen LogP contribution is 2.17. The van der Waals surface area contributed by atoms with Crippen LogP contribution in [0.2, 0.25) is 0 Å². The van der Waals surface area contributed by atoms with Crippen LogP contribution in [0, 0.1) is 5.82 Å². The highest BCUT2D eigenvalue weighted by atomic mass is 19.1. The van der Waals surface area contributed by atoms with E-state index < -0.39 is 5.82 Å². The number of rotatable bonds is 2. The molecule has 0 saturated carbocycles. The van der Waals surface area contributed by atoms with Crippen molar-refractivity contribution in [1.82, 2.24) is 5.32 Å². The van der Waals surface area contributed by atoms with Gasteiger partial charge in [0.1, 0.15) is 5.82 Å². The summed E-state index contributed by atoms with van der Waals surface area (Å²) < 4.78 is 13.1. The number of carbonyl (C=O) groups is 1. The summed E-state index contributed by atoms with van der Waals surface area (Å²) in [5, 5.41) is 5.65. The van der Waals surface area contributed by atoms with Gasteiger partial charge in [-0.1, -0.05) is 0 Å².